The van der Waals surface area contributed by atoms with Crippen LogP contribution in [0, 0.1) is 0 Å². The number of anilines is 1. The highest BCUT2D eigenvalue weighted by Crippen LogP contribution is 2.32. The Labute approximate surface area is 164 Å². The number of piperidine rings is 1. The number of likely N-dealkylation sites (tertiary alicyclic amines) is 1. The first kappa shape index (κ1) is 18.5. The zero-order chi connectivity index (χ0) is 18.5. The molecule has 0 bridgehead atoms. The van der Waals surface area contributed by atoms with Crippen molar-refractivity contribution < 1.29 is 0 Å². The lowest BCUT2D eigenvalue weighted by molar-refractivity contribution is 0.212. The van der Waals surface area contributed by atoms with Gasteiger partial charge < -0.3 is 15.1 Å². The molecule has 27 heavy (non-hydrogen) atoms. The number of hydrogen-bond acceptors (Lipinski definition) is 3. The van der Waals surface area contributed by atoms with E-state index in [1.54, 1.807) is 0 Å². The first-order chi connectivity index (χ1) is 13.3. The molecule has 0 radical (unpaired) electrons. The number of nitrogens with zero attached hydrogens (tertiary/aromatic N) is 2. The molecule has 2 heterocycles. The first-order valence-corrected chi connectivity index (χ1v) is 10.7. The highest BCUT2D eigenvalue weighted by atomic mass is 15.2. The van der Waals surface area contributed by atoms with Gasteiger partial charge in [-0.2, -0.15) is 0 Å². The lowest BCUT2D eigenvalue weighted by Gasteiger charge is -2.38. The molecule has 0 saturated carbocycles. The summed E-state index contributed by atoms with van der Waals surface area (Å²) in [7, 11) is 0. The lowest BCUT2D eigenvalue weighted by Crippen LogP contribution is -2.44. The van der Waals surface area contributed by atoms with Crippen LogP contribution in [0.1, 0.15) is 36.5 Å². The highest BCUT2D eigenvalue weighted by molar-refractivity contribution is 5.58. The second-order valence-electron chi connectivity index (χ2n) is 7.99. The zero-order valence-electron chi connectivity index (χ0n) is 16.7. The molecule has 3 nitrogen and oxygen atoms in total. The molecule has 1 saturated heterocycles. The smallest absolute Gasteiger partial charge is 0.0402 e. The van der Waals surface area contributed by atoms with E-state index >= 15 is 0 Å². The summed E-state index contributed by atoms with van der Waals surface area (Å²) in [6.07, 6.45) is 4.99. The van der Waals surface area contributed by atoms with Crippen molar-refractivity contribution in [2.24, 2.45) is 0 Å². The van der Waals surface area contributed by atoms with Gasteiger partial charge in [-0.25, -0.2) is 0 Å². The Bertz CT molecular complexity index is 717. The summed E-state index contributed by atoms with van der Waals surface area (Å²) in [5, 5.41) is 3.39. The number of fused-ring (bicyclic) bond motifs is 1. The van der Waals surface area contributed by atoms with E-state index in [0.717, 1.165) is 19.1 Å². The lowest BCUT2D eigenvalue weighted by atomic mass is 10.0. The van der Waals surface area contributed by atoms with Gasteiger partial charge in [0.1, 0.15) is 0 Å². The molecule has 0 aromatic heterocycles. The molecule has 2 aromatic carbocycles. The maximum atomic E-state index is 3.39. The van der Waals surface area contributed by atoms with Crippen LogP contribution in [0.2, 0.25) is 0 Å². The average molecular weight is 364 g/mol. The largest absolute Gasteiger partial charge is 0.368 e. The summed E-state index contributed by atoms with van der Waals surface area (Å²) in [6, 6.07) is 18.9. The Kier molecular flexibility index (Phi) is 6.10. The molecule has 2 aromatic rings. The van der Waals surface area contributed by atoms with Gasteiger partial charge in [-0.3, -0.25) is 0 Å². The third-order valence-electron chi connectivity index (χ3n) is 6.24. The topological polar surface area (TPSA) is 18.5 Å². The minimum absolute atomic E-state index is 0.732. The van der Waals surface area contributed by atoms with Crippen molar-refractivity contribution in [3.63, 3.8) is 0 Å². The van der Waals surface area contributed by atoms with Gasteiger partial charge in [0.25, 0.3) is 0 Å². The van der Waals surface area contributed by atoms with Crippen LogP contribution in [-0.4, -0.2) is 43.7 Å². The molecule has 0 spiro atoms. The Hall–Kier alpha value is -1.84. The van der Waals surface area contributed by atoms with Crippen molar-refractivity contribution in [1.29, 1.82) is 0 Å². The van der Waals surface area contributed by atoms with Crippen molar-refractivity contribution in [1.82, 2.24) is 10.2 Å². The van der Waals surface area contributed by atoms with Crippen molar-refractivity contribution in [3.05, 3.63) is 65.2 Å². The van der Waals surface area contributed by atoms with Crippen LogP contribution >= 0.6 is 0 Å². The zero-order valence-corrected chi connectivity index (χ0v) is 16.7. The summed E-state index contributed by atoms with van der Waals surface area (Å²) in [5.41, 5.74) is 5.88. The minimum atomic E-state index is 0.732. The summed E-state index contributed by atoms with van der Waals surface area (Å²) >= 11 is 0. The number of benzene rings is 2. The fraction of sp³-hybridized carbons (Fsp3) is 0.500. The van der Waals surface area contributed by atoms with Crippen LogP contribution in [0.3, 0.4) is 0 Å². The van der Waals surface area contributed by atoms with Gasteiger partial charge in [-0.05, 0) is 55.0 Å². The Morgan fingerprint density at radius 1 is 0.926 bits per heavy atom. The van der Waals surface area contributed by atoms with Crippen molar-refractivity contribution in [3.8, 4) is 0 Å². The molecule has 1 fully saturated rings. The van der Waals surface area contributed by atoms with Crippen LogP contribution in [0.4, 0.5) is 5.69 Å². The fourth-order valence-electron chi connectivity index (χ4n) is 4.58. The maximum Gasteiger partial charge on any atom is 0.0402 e. The maximum absolute atomic E-state index is 3.39. The Morgan fingerprint density at radius 3 is 2.44 bits per heavy atom. The van der Waals surface area contributed by atoms with Crippen LogP contribution in [0.15, 0.2) is 48.5 Å². The van der Waals surface area contributed by atoms with Gasteiger partial charge in [0.15, 0.2) is 0 Å². The molecule has 0 atom stereocenters. The predicted octanol–water partition coefficient (Wildman–Crippen LogP) is 3.87. The van der Waals surface area contributed by atoms with Crippen LogP contribution in [-0.2, 0) is 19.4 Å². The SMILES string of the molecule is CCNCc1ccc(CCN2CCC(N3CCc4ccccc43)CC2)cc1. The number of hydrogen-bond donors (Lipinski definition) is 1. The monoisotopic (exact) mass is 363 g/mol. The van der Waals surface area contributed by atoms with E-state index in [1.165, 1.54) is 74.2 Å². The average Bonchev–Trinajstić information content (AvgIpc) is 3.16. The molecular weight excluding hydrogens is 330 g/mol. The van der Waals surface area contributed by atoms with Crippen molar-refractivity contribution >= 4 is 5.69 Å². The second kappa shape index (κ2) is 8.90. The molecule has 144 valence electrons. The van der Waals surface area contributed by atoms with Gasteiger partial charge in [-0.1, -0.05) is 49.4 Å². The quantitative estimate of drug-likeness (QED) is 0.806. The standard InChI is InChI=1S/C24H33N3/c1-2-25-19-21-9-7-20(8-10-21)11-15-26-16-13-23(14-17-26)27-18-12-22-5-3-4-6-24(22)27/h3-10,23,25H,2,11-19H2,1H3. The van der Waals surface area contributed by atoms with E-state index in [-0.39, 0.29) is 0 Å². The number of para-hydroxylation sites is 1. The molecule has 1 N–H and O–H groups in total. The third-order valence-corrected chi connectivity index (χ3v) is 6.24. The summed E-state index contributed by atoms with van der Waals surface area (Å²) in [6.45, 7) is 9.04. The summed E-state index contributed by atoms with van der Waals surface area (Å²) < 4.78 is 0. The van der Waals surface area contributed by atoms with E-state index in [1.807, 2.05) is 0 Å². The van der Waals surface area contributed by atoms with E-state index in [2.05, 4.69) is 70.6 Å². The van der Waals surface area contributed by atoms with Crippen LogP contribution in [0.25, 0.3) is 0 Å². The number of rotatable bonds is 7. The molecular formula is C24H33N3. The summed E-state index contributed by atoms with van der Waals surface area (Å²) in [4.78, 5) is 5.33. The fourth-order valence-corrected chi connectivity index (χ4v) is 4.58. The molecule has 3 heteroatoms. The van der Waals surface area contributed by atoms with Gasteiger partial charge in [0.05, 0.1) is 0 Å². The third kappa shape index (κ3) is 4.53. The van der Waals surface area contributed by atoms with Crippen molar-refractivity contribution in [2.75, 3.05) is 37.6 Å². The van der Waals surface area contributed by atoms with Gasteiger partial charge >= 0.3 is 0 Å². The van der Waals surface area contributed by atoms with Crippen LogP contribution < -0.4 is 10.2 Å². The van der Waals surface area contributed by atoms with Gasteiger partial charge in [0.2, 0.25) is 0 Å². The highest BCUT2D eigenvalue weighted by Gasteiger charge is 2.28. The van der Waals surface area contributed by atoms with Gasteiger partial charge in [-0.15, -0.1) is 0 Å². The molecule has 2 aliphatic rings. The Balaban J connectivity index is 1.23. The van der Waals surface area contributed by atoms with E-state index < -0.39 is 0 Å². The van der Waals surface area contributed by atoms with E-state index in [0.29, 0.717) is 0 Å². The molecule has 0 amide bonds. The van der Waals surface area contributed by atoms with Crippen LogP contribution in [0.5, 0.6) is 0 Å². The first-order valence-electron chi connectivity index (χ1n) is 10.7. The minimum Gasteiger partial charge on any atom is -0.368 e. The van der Waals surface area contributed by atoms with Crippen molar-refractivity contribution in [2.45, 2.75) is 45.2 Å². The predicted molar refractivity (Wildman–Crippen MR) is 114 cm³/mol. The summed E-state index contributed by atoms with van der Waals surface area (Å²) in [5.74, 6) is 0. The second-order valence-corrected chi connectivity index (χ2v) is 7.99. The molecule has 4 rings (SSSR count). The molecule has 0 unspecified atom stereocenters. The molecule has 2 aliphatic heterocycles. The van der Waals surface area contributed by atoms with Gasteiger partial charge in [0, 0.05) is 44.5 Å². The van der Waals surface area contributed by atoms with E-state index in [4.69, 9.17) is 0 Å². The normalized spacial score (nSPS) is 18.0. The molecule has 0 aliphatic carbocycles. The Morgan fingerprint density at radius 2 is 1.67 bits per heavy atom. The number of nitrogens with one attached hydrogen (secondary N) is 1. The van der Waals surface area contributed by atoms with E-state index in [9.17, 15) is 0 Å².